The minimum absolute atomic E-state index is 0. The summed E-state index contributed by atoms with van der Waals surface area (Å²) in [4.78, 5) is 9.65. The highest BCUT2D eigenvalue weighted by Gasteiger charge is 2.07. The maximum absolute atomic E-state index is 4.23. The molecule has 2 aromatic heterocycles. The summed E-state index contributed by atoms with van der Waals surface area (Å²) in [5, 5.41) is 8.78. The van der Waals surface area contributed by atoms with Gasteiger partial charge in [0.1, 0.15) is 0 Å². The molecule has 2 rings (SSSR count). The molecule has 1 atom stereocenters. The summed E-state index contributed by atoms with van der Waals surface area (Å²) >= 11 is 1.80. The minimum Gasteiger partial charge on any atom is -0.356 e. The molecule has 2 aromatic rings. The van der Waals surface area contributed by atoms with Gasteiger partial charge in [-0.15, -0.1) is 35.3 Å². The van der Waals surface area contributed by atoms with Crippen LogP contribution in [0, 0.1) is 0 Å². The van der Waals surface area contributed by atoms with Crippen molar-refractivity contribution < 1.29 is 0 Å². The Morgan fingerprint density at radius 2 is 2.33 bits per heavy atom. The zero-order valence-corrected chi connectivity index (χ0v) is 15.5. The summed E-state index contributed by atoms with van der Waals surface area (Å²) in [7, 11) is 1.79. The van der Waals surface area contributed by atoms with Crippen molar-refractivity contribution in [3.05, 3.63) is 41.1 Å². The third kappa shape index (κ3) is 6.04. The Morgan fingerprint density at radius 1 is 1.48 bits per heavy atom. The lowest BCUT2D eigenvalue weighted by atomic mass is 10.1. The van der Waals surface area contributed by atoms with E-state index in [9.17, 15) is 0 Å². The largest absolute Gasteiger partial charge is 0.356 e. The van der Waals surface area contributed by atoms with Gasteiger partial charge in [0, 0.05) is 49.9 Å². The molecule has 0 aliphatic heterocycles. The van der Waals surface area contributed by atoms with E-state index < -0.39 is 0 Å². The van der Waals surface area contributed by atoms with E-state index in [2.05, 4.69) is 45.0 Å². The molecule has 21 heavy (non-hydrogen) atoms. The van der Waals surface area contributed by atoms with Gasteiger partial charge in [0.2, 0.25) is 0 Å². The topological polar surface area (TPSA) is 54.2 Å². The molecule has 0 aliphatic rings. The van der Waals surface area contributed by atoms with Gasteiger partial charge in [-0.3, -0.25) is 4.99 Å². The van der Waals surface area contributed by atoms with Crippen molar-refractivity contribution in [2.24, 2.45) is 4.99 Å². The molecular formula is C14H22IN5S. The second kappa shape index (κ2) is 9.78. The first kappa shape index (κ1) is 18.0. The Hall–Kier alpha value is -1.09. The molecule has 0 saturated carbocycles. The Kier molecular flexibility index (Phi) is 8.36. The van der Waals surface area contributed by atoms with Gasteiger partial charge in [-0.1, -0.05) is 13.0 Å². The molecule has 0 bridgehead atoms. The Bertz CT molecular complexity index is 509. The van der Waals surface area contributed by atoms with Crippen molar-refractivity contribution in [3.8, 4) is 0 Å². The number of aliphatic imine (C=N–C) groups is 1. The minimum atomic E-state index is 0. The first-order valence-electron chi connectivity index (χ1n) is 6.73. The number of guanidine groups is 1. The predicted octanol–water partition coefficient (Wildman–Crippen LogP) is 2.53. The molecular weight excluding hydrogens is 397 g/mol. The fourth-order valence-corrected chi connectivity index (χ4v) is 2.65. The maximum atomic E-state index is 4.23. The highest BCUT2D eigenvalue weighted by Crippen LogP contribution is 2.19. The molecule has 7 heteroatoms. The highest BCUT2D eigenvalue weighted by molar-refractivity contribution is 14.0. The van der Waals surface area contributed by atoms with Crippen molar-refractivity contribution in [2.75, 3.05) is 20.1 Å². The monoisotopic (exact) mass is 419 g/mol. The zero-order valence-electron chi connectivity index (χ0n) is 12.3. The number of hydrogen-bond donors (Lipinski definition) is 2. The quantitative estimate of drug-likeness (QED) is 0.430. The van der Waals surface area contributed by atoms with E-state index in [1.54, 1.807) is 24.6 Å². The van der Waals surface area contributed by atoms with Crippen LogP contribution >= 0.6 is 35.3 Å². The second-order valence-electron chi connectivity index (χ2n) is 4.60. The molecule has 116 valence electrons. The van der Waals surface area contributed by atoms with Gasteiger partial charge in [0.15, 0.2) is 5.96 Å². The molecule has 0 saturated heterocycles. The number of aromatic nitrogens is 2. The summed E-state index contributed by atoms with van der Waals surface area (Å²) < 4.78 is 2.04. The van der Waals surface area contributed by atoms with E-state index in [-0.39, 0.29) is 24.0 Å². The summed E-state index contributed by atoms with van der Waals surface area (Å²) in [5.41, 5.74) is 0. The van der Waals surface area contributed by atoms with Crippen molar-refractivity contribution in [1.82, 2.24) is 20.2 Å². The second-order valence-corrected chi connectivity index (χ2v) is 5.58. The predicted molar refractivity (Wildman–Crippen MR) is 99.7 cm³/mol. The smallest absolute Gasteiger partial charge is 0.191 e. The van der Waals surface area contributed by atoms with Gasteiger partial charge >= 0.3 is 0 Å². The van der Waals surface area contributed by atoms with Gasteiger partial charge < -0.3 is 15.2 Å². The fraction of sp³-hybridized carbons (Fsp3) is 0.429. The van der Waals surface area contributed by atoms with Gasteiger partial charge in [0.25, 0.3) is 0 Å². The number of halogens is 1. The first-order chi connectivity index (χ1) is 9.79. The molecule has 0 fully saturated rings. The SMILES string of the molecule is CN=C(NCCn1ccnc1)NCC(C)c1cccs1.I. The lowest BCUT2D eigenvalue weighted by Crippen LogP contribution is -2.40. The molecule has 0 spiro atoms. The van der Waals surface area contributed by atoms with Gasteiger partial charge in [-0.25, -0.2) is 4.98 Å². The van der Waals surface area contributed by atoms with E-state index in [4.69, 9.17) is 0 Å². The maximum Gasteiger partial charge on any atom is 0.191 e. The van der Waals surface area contributed by atoms with Crippen LogP contribution in [0.25, 0.3) is 0 Å². The van der Waals surface area contributed by atoms with Crippen LogP contribution in [-0.4, -0.2) is 35.6 Å². The van der Waals surface area contributed by atoms with Gasteiger partial charge in [-0.05, 0) is 11.4 Å². The first-order valence-corrected chi connectivity index (χ1v) is 7.61. The third-order valence-electron chi connectivity index (χ3n) is 3.05. The fourth-order valence-electron chi connectivity index (χ4n) is 1.87. The number of thiophene rings is 1. The molecule has 5 nitrogen and oxygen atoms in total. The van der Waals surface area contributed by atoms with Crippen LogP contribution in [0.5, 0.6) is 0 Å². The number of imidazole rings is 1. The lowest BCUT2D eigenvalue weighted by Gasteiger charge is -2.15. The standard InChI is InChI=1S/C14H21N5S.HI/c1-12(13-4-3-9-20-13)10-18-14(15-2)17-6-8-19-7-5-16-11-19;/h3-5,7,9,11-12H,6,8,10H2,1-2H3,(H2,15,17,18);1H. The summed E-state index contributed by atoms with van der Waals surface area (Å²) in [6, 6.07) is 4.26. The van der Waals surface area contributed by atoms with Crippen molar-refractivity contribution in [3.63, 3.8) is 0 Å². The van der Waals surface area contributed by atoms with Crippen LogP contribution in [-0.2, 0) is 6.54 Å². The number of hydrogen-bond acceptors (Lipinski definition) is 3. The van der Waals surface area contributed by atoms with Crippen molar-refractivity contribution in [2.45, 2.75) is 19.4 Å². The lowest BCUT2D eigenvalue weighted by molar-refractivity contribution is 0.652. The third-order valence-corrected chi connectivity index (χ3v) is 4.15. The average molecular weight is 419 g/mol. The van der Waals surface area contributed by atoms with E-state index in [1.165, 1.54) is 4.88 Å². The molecule has 0 aliphatic carbocycles. The van der Waals surface area contributed by atoms with Crippen LogP contribution in [0.4, 0.5) is 0 Å². The van der Waals surface area contributed by atoms with E-state index >= 15 is 0 Å². The van der Waals surface area contributed by atoms with Crippen molar-refractivity contribution in [1.29, 1.82) is 0 Å². The molecule has 0 radical (unpaired) electrons. The number of nitrogens with one attached hydrogen (secondary N) is 2. The Morgan fingerprint density at radius 3 is 2.95 bits per heavy atom. The van der Waals surface area contributed by atoms with Crippen LogP contribution < -0.4 is 10.6 Å². The molecule has 2 N–H and O–H groups in total. The molecule has 0 amide bonds. The normalized spacial score (nSPS) is 12.6. The van der Waals surface area contributed by atoms with E-state index in [0.717, 1.165) is 25.6 Å². The van der Waals surface area contributed by atoms with Crippen LogP contribution in [0.1, 0.15) is 17.7 Å². The van der Waals surface area contributed by atoms with E-state index in [1.807, 2.05) is 17.1 Å². The zero-order chi connectivity index (χ0) is 14.2. The summed E-state index contributed by atoms with van der Waals surface area (Å²) in [6.45, 7) is 4.80. The van der Waals surface area contributed by atoms with Crippen LogP contribution in [0.2, 0.25) is 0 Å². The Balaban J connectivity index is 0.00000220. The van der Waals surface area contributed by atoms with Gasteiger partial charge in [-0.2, -0.15) is 0 Å². The Labute approximate surface area is 146 Å². The van der Waals surface area contributed by atoms with Crippen LogP contribution in [0.15, 0.2) is 41.2 Å². The van der Waals surface area contributed by atoms with Gasteiger partial charge in [0.05, 0.1) is 6.33 Å². The average Bonchev–Trinajstić information content (AvgIpc) is 3.14. The number of rotatable bonds is 6. The molecule has 1 unspecified atom stereocenters. The molecule has 0 aromatic carbocycles. The summed E-state index contributed by atoms with van der Waals surface area (Å²) in [5.74, 6) is 1.33. The number of nitrogens with zero attached hydrogens (tertiary/aromatic N) is 3. The van der Waals surface area contributed by atoms with E-state index in [0.29, 0.717) is 5.92 Å². The highest BCUT2D eigenvalue weighted by atomic mass is 127. The van der Waals surface area contributed by atoms with Crippen molar-refractivity contribution >= 4 is 41.3 Å². The van der Waals surface area contributed by atoms with Crippen LogP contribution in [0.3, 0.4) is 0 Å². The molecule has 2 heterocycles. The summed E-state index contributed by atoms with van der Waals surface area (Å²) in [6.07, 6.45) is 5.56.